The molecule has 0 aromatic carbocycles. The van der Waals surface area contributed by atoms with E-state index in [2.05, 4.69) is 43.0 Å². The highest BCUT2D eigenvalue weighted by atomic mass is 15.1. The Balaban J connectivity index is 2.79. The van der Waals surface area contributed by atoms with Crippen LogP contribution in [0.1, 0.15) is 45.0 Å². The Morgan fingerprint density at radius 3 is 2.40 bits per heavy atom. The maximum atomic E-state index is 4.48. The molecular formula is C12H21N3. The van der Waals surface area contributed by atoms with Crippen molar-refractivity contribution < 1.29 is 0 Å². The normalized spacial score (nSPS) is 11.1. The van der Waals surface area contributed by atoms with Crippen LogP contribution in [-0.2, 0) is 0 Å². The van der Waals surface area contributed by atoms with Crippen LogP contribution in [0.15, 0.2) is 6.07 Å². The van der Waals surface area contributed by atoms with Crippen LogP contribution in [0.3, 0.4) is 0 Å². The summed E-state index contributed by atoms with van der Waals surface area (Å²) in [6.45, 7) is 11.6. The van der Waals surface area contributed by atoms with E-state index in [1.54, 1.807) is 0 Å². The van der Waals surface area contributed by atoms with Gasteiger partial charge in [-0.15, -0.1) is 0 Å². The van der Waals surface area contributed by atoms with Gasteiger partial charge in [-0.2, -0.15) is 0 Å². The molecule has 1 aromatic rings. The lowest BCUT2D eigenvalue weighted by atomic mass is 10.1. The van der Waals surface area contributed by atoms with Crippen LogP contribution in [0, 0.1) is 12.8 Å². The number of hydrogen-bond acceptors (Lipinski definition) is 3. The highest BCUT2D eigenvalue weighted by molar-refractivity contribution is 5.29. The number of nitrogens with zero attached hydrogens (tertiary/aromatic N) is 2. The quantitative estimate of drug-likeness (QED) is 0.824. The molecule has 3 nitrogen and oxygen atoms in total. The van der Waals surface area contributed by atoms with Gasteiger partial charge in [-0.3, -0.25) is 0 Å². The van der Waals surface area contributed by atoms with Gasteiger partial charge in [0.05, 0.1) is 0 Å². The number of nitrogens with one attached hydrogen (secondary N) is 1. The molecule has 0 radical (unpaired) electrons. The molecule has 0 fully saturated rings. The van der Waals surface area contributed by atoms with Gasteiger partial charge in [0.15, 0.2) is 0 Å². The van der Waals surface area contributed by atoms with Crippen molar-refractivity contribution in [3.63, 3.8) is 0 Å². The first-order chi connectivity index (χ1) is 6.99. The SMILES string of the molecule is Cc1cc(C(C)C)nc(NCC(C)C)n1. The Labute approximate surface area is 92.3 Å². The Morgan fingerprint density at radius 1 is 1.20 bits per heavy atom. The van der Waals surface area contributed by atoms with E-state index in [9.17, 15) is 0 Å². The van der Waals surface area contributed by atoms with E-state index in [4.69, 9.17) is 0 Å². The summed E-state index contributed by atoms with van der Waals surface area (Å²) in [5.41, 5.74) is 2.13. The lowest BCUT2D eigenvalue weighted by molar-refractivity contribution is 0.682. The molecule has 0 spiro atoms. The molecule has 0 saturated heterocycles. The minimum atomic E-state index is 0.450. The number of aryl methyl sites for hydroxylation is 1. The van der Waals surface area contributed by atoms with Crippen LogP contribution in [0.2, 0.25) is 0 Å². The molecule has 3 heteroatoms. The van der Waals surface area contributed by atoms with Crippen molar-refractivity contribution in [3.8, 4) is 0 Å². The average Bonchev–Trinajstić information content (AvgIpc) is 2.13. The van der Waals surface area contributed by atoms with Gasteiger partial charge in [0.2, 0.25) is 5.95 Å². The first kappa shape index (κ1) is 12.0. The molecule has 84 valence electrons. The molecular weight excluding hydrogens is 186 g/mol. The molecule has 0 aliphatic rings. The molecule has 0 atom stereocenters. The summed E-state index contributed by atoms with van der Waals surface area (Å²) in [6.07, 6.45) is 0. The number of aromatic nitrogens is 2. The number of anilines is 1. The summed E-state index contributed by atoms with van der Waals surface area (Å²) in [5, 5.41) is 3.26. The predicted molar refractivity (Wildman–Crippen MR) is 64.2 cm³/mol. The highest BCUT2D eigenvalue weighted by Crippen LogP contribution is 2.14. The van der Waals surface area contributed by atoms with E-state index in [1.165, 1.54) is 0 Å². The second-order valence-corrected chi connectivity index (χ2v) is 4.69. The standard InChI is InChI=1S/C12H21N3/c1-8(2)7-13-12-14-10(5)6-11(15-12)9(3)4/h6,8-9H,7H2,1-5H3,(H,13,14,15). The second-order valence-electron chi connectivity index (χ2n) is 4.69. The van der Waals surface area contributed by atoms with Gasteiger partial charge >= 0.3 is 0 Å². The van der Waals surface area contributed by atoms with Gasteiger partial charge < -0.3 is 5.32 Å². The molecule has 1 N–H and O–H groups in total. The largest absolute Gasteiger partial charge is 0.354 e. The van der Waals surface area contributed by atoms with Gasteiger partial charge in [0.1, 0.15) is 0 Å². The molecule has 0 amide bonds. The summed E-state index contributed by atoms with van der Waals surface area (Å²) < 4.78 is 0. The first-order valence-electron chi connectivity index (χ1n) is 5.58. The Morgan fingerprint density at radius 2 is 1.87 bits per heavy atom. The van der Waals surface area contributed by atoms with E-state index >= 15 is 0 Å². The molecule has 0 aliphatic heterocycles. The monoisotopic (exact) mass is 207 g/mol. The van der Waals surface area contributed by atoms with Gasteiger partial charge in [-0.1, -0.05) is 27.7 Å². The summed E-state index contributed by atoms with van der Waals surface area (Å²) in [4.78, 5) is 8.85. The maximum Gasteiger partial charge on any atom is 0.223 e. The zero-order chi connectivity index (χ0) is 11.4. The van der Waals surface area contributed by atoms with Crippen molar-refractivity contribution in [2.24, 2.45) is 5.92 Å². The second kappa shape index (κ2) is 5.10. The van der Waals surface area contributed by atoms with Crippen molar-refractivity contribution in [2.45, 2.75) is 40.5 Å². The van der Waals surface area contributed by atoms with E-state index in [0.717, 1.165) is 23.9 Å². The van der Waals surface area contributed by atoms with Crippen molar-refractivity contribution in [2.75, 3.05) is 11.9 Å². The molecule has 0 aliphatic carbocycles. The van der Waals surface area contributed by atoms with Crippen molar-refractivity contribution in [1.82, 2.24) is 9.97 Å². The lowest BCUT2D eigenvalue weighted by Gasteiger charge is -2.11. The summed E-state index contributed by atoms with van der Waals surface area (Å²) >= 11 is 0. The number of rotatable bonds is 4. The molecule has 15 heavy (non-hydrogen) atoms. The van der Waals surface area contributed by atoms with Crippen LogP contribution >= 0.6 is 0 Å². The minimum absolute atomic E-state index is 0.450. The first-order valence-corrected chi connectivity index (χ1v) is 5.58. The average molecular weight is 207 g/mol. The Kier molecular flexibility index (Phi) is 4.06. The van der Waals surface area contributed by atoms with Crippen LogP contribution in [0.4, 0.5) is 5.95 Å². The lowest BCUT2D eigenvalue weighted by Crippen LogP contribution is -2.12. The third-order valence-electron chi connectivity index (χ3n) is 2.13. The van der Waals surface area contributed by atoms with Crippen molar-refractivity contribution in [3.05, 3.63) is 17.5 Å². The molecule has 0 unspecified atom stereocenters. The third-order valence-corrected chi connectivity index (χ3v) is 2.13. The van der Waals surface area contributed by atoms with Crippen molar-refractivity contribution in [1.29, 1.82) is 0 Å². The van der Waals surface area contributed by atoms with Gasteiger partial charge in [0, 0.05) is 17.9 Å². The van der Waals surface area contributed by atoms with Crippen LogP contribution in [-0.4, -0.2) is 16.5 Å². The van der Waals surface area contributed by atoms with E-state index in [-0.39, 0.29) is 0 Å². The molecule has 1 aromatic heterocycles. The Hall–Kier alpha value is -1.12. The number of hydrogen-bond donors (Lipinski definition) is 1. The van der Waals surface area contributed by atoms with Gasteiger partial charge in [-0.05, 0) is 24.8 Å². The van der Waals surface area contributed by atoms with Gasteiger partial charge in [-0.25, -0.2) is 9.97 Å². The Bertz CT molecular complexity index is 319. The van der Waals surface area contributed by atoms with Crippen LogP contribution in [0.5, 0.6) is 0 Å². The summed E-state index contributed by atoms with van der Waals surface area (Å²) in [6, 6.07) is 2.05. The van der Waals surface area contributed by atoms with Gasteiger partial charge in [0.25, 0.3) is 0 Å². The molecule has 1 heterocycles. The zero-order valence-electron chi connectivity index (χ0n) is 10.3. The molecule has 0 saturated carbocycles. The topological polar surface area (TPSA) is 37.8 Å². The maximum absolute atomic E-state index is 4.48. The molecule has 0 bridgehead atoms. The highest BCUT2D eigenvalue weighted by Gasteiger charge is 2.05. The summed E-state index contributed by atoms with van der Waals surface area (Å²) in [7, 11) is 0. The fourth-order valence-electron chi connectivity index (χ4n) is 1.26. The summed E-state index contributed by atoms with van der Waals surface area (Å²) in [5.74, 6) is 1.82. The zero-order valence-corrected chi connectivity index (χ0v) is 10.3. The fourth-order valence-corrected chi connectivity index (χ4v) is 1.26. The van der Waals surface area contributed by atoms with Crippen molar-refractivity contribution >= 4 is 5.95 Å². The van der Waals surface area contributed by atoms with Crippen LogP contribution < -0.4 is 5.32 Å². The van der Waals surface area contributed by atoms with Crippen LogP contribution in [0.25, 0.3) is 0 Å². The predicted octanol–water partition coefficient (Wildman–Crippen LogP) is 2.98. The smallest absolute Gasteiger partial charge is 0.223 e. The van der Waals surface area contributed by atoms with E-state index < -0.39 is 0 Å². The minimum Gasteiger partial charge on any atom is -0.354 e. The van der Waals surface area contributed by atoms with E-state index in [1.807, 2.05) is 13.0 Å². The fraction of sp³-hybridized carbons (Fsp3) is 0.667. The van der Waals surface area contributed by atoms with E-state index in [0.29, 0.717) is 11.8 Å². The molecule has 1 rings (SSSR count). The third kappa shape index (κ3) is 3.86.